The highest BCUT2D eigenvalue weighted by Gasteiger charge is 2.45. The number of aromatic amines is 1. The molecule has 1 aromatic carbocycles. The topological polar surface area (TPSA) is 107 Å². The number of carbonyl (C=O) groups is 1. The van der Waals surface area contributed by atoms with Gasteiger partial charge in [0.05, 0.1) is 16.1 Å². The molecule has 1 aliphatic heterocycles. The number of aromatic nitrogens is 4. The lowest BCUT2D eigenvalue weighted by atomic mass is 9.72. The van der Waals surface area contributed by atoms with Crippen LogP contribution >= 0.6 is 11.6 Å². The number of halogens is 3. The molecule has 5 rings (SSSR count). The largest absolute Gasteiger partial charge is 0.481 e. The van der Waals surface area contributed by atoms with E-state index in [-0.39, 0.29) is 28.9 Å². The molecule has 8 nitrogen and oxygen atoms in total. The van der Waals surface area contributed by atoms with Gasteiger partial charge in [-0.2, -0.15) is 5.10 Å². The van der Waals surface area contributed by atoms with E-state index in [0.29, 0.717) is 48.7 Å². The molecule has 0 bridgehead atoms. The lowest BCUT2D eigenvalue weighted by Crippen LogP contribution is -2.49. The van der Waals surface area contributed by atoms with Gasteiger partial charge in [-0.3, -0.25) is 19.8 Å². The maximum Gasteiger partial charge on any atom is 0.310 e. The van der Waals surface area contributed by atoms with Gasteiger partial charge in [0.25, 0.3) is 0 Å². The second-order valence-corrected chi connectivity index (χ2v) is 10.8. The molecule has 3 N–H and O–H groups in total. The molecule has 1 fully saturated rings. The molecule has 4 aromatic rings. The van der Waals surface area contributed by atoms with Crippen LogP contribution in [0.4, 0.5) is 20.4 Å². The molecular formula is C29H29ClF2N6O2. The highest BCUT2D eigenvalue weighted by Crippen LogP contribution is 2.40. The van der Waals surface area contributed by atoms with E-state index in [2.05, 4.69) is 30.4 Å². The van der Waals surface area contributed by atoms with E-state index in [0.717, 1.165) is 5.69 Å². The van der Waals surface area contributed by atoms with Crippen molar-refractivity contribution < 1.29 is 18.7 Å². The van der Waals surface area contributed by atoms with E-state index in [1.54, 1.807) is 48.7 Å². The minimum Gasteiger partial charge on any atom is -0.481 e. The van der Waals surface area contributed by atoms with Crippen LogP contribution in [-0.2, 0) is 17.8 Å². The molecule has 2 atom stereocenters. The molecule has 0 aliphatic carbocycles. The number of anilines is 2. The van der Waals surface area contributed by atoms with Crippen molar-refractivity contribution in [2.45, 2.75) is 45.7 Å². The van der Waals surface area contributed by atoms with E-state index in [4.69, 9.17) is 11.6 Å². The predicted molar refractivity (Wildman–Crippen MR) is 148 cm³/mol. The zero-order valence-corrected chi connectivity index (χ0v) is 22.8. The third-order valence-electron chi connectivity index (χ3n) is 7.47. The van der Waals surface area contributed by atoms with Gasteiger partial charge in [-0.1, -0.05) is 29.8 Å². The molecule has 0 saturated carbocycles. The Balaban J connectivity index is 1.45. The number of nitrogens with one attached hydrogen (secondary N) is 2. The summed E-state index contributed by atoms with van der Waals surface area (Å²) in [5, 5.41) is 20.3. The molecule has 3 aromatic heterocycles. The number of hydrogen-bond donors (Lipinski definition) is 3. The summed E-state index contributed by atoms with van der Waals surface area (Å²) < 4.78 is 30.2. The molecule has 40 heavy (non-hydrogen) atoms. The zero-order valence-electron chi connectivity index (χ0n) is 22.1. The summed E-state index contributed by atoms with van der Waals surface area (Å²) in [6, 6.07) is 13.2. The van der Waals surface area contributed by atoms with Crippen molar-refractivity contribution in [1.82, 2.24) is 25.1 Å². The van der Waals surface area contributed by atoms with E-state index in [9.17, 15) is 14.3 Å². The van der Waals surface area contributed by atoms with Gasteiger partial charge in [0.2, 0.25) is 0 Å². The van der Waals surface area contributed by atoms with Crippen molar-refractivity contribution >= 4 is 29.2 Å². The Labute approximate surface area is 235 Å². The Morgan fingerprint density at radius 3 is 2.73 bits per heavy atom. The Morgan fingerprint density at radius 2 is 2.05 bits per heavy atom. The lowest BCUT2D eigenvalue weighted by Gasteiger charge is -2.43. The Kier molecular flexibility index (Phi) is 7.82. The SMILES string of the molecule is Cc1cc(Nc2nc(C[C@@]3(C(=O)O)CCN(Cc4cccc(Cl)c4F)[C@H](C)C3)cc(-c3ccccn3)c2F)n[nH]1. The molecule has 11 heteroatoms. The van der Waals surface area contributed by atoms with Crippen LogP contribution in [0.25, 0.3) is 11.3 Å². The quantitative estimate of drug-likeness (QED) is 0.235. The minimum absolute atomic E-state index is 0.0579. The number of piperidine rings is 1. The van der Waals surface area contributed by atoms with E-state index in [1.165, 1.54) is 6.07 Å². The average molecular weight is 567 g/mol. The first-order chi connectivity index (χ1) is 19.1. The van der Waals surface area contributed by atoms with Crippen LogP contribution in [0.2, 0.25) is 5.02 Å². The van der Waals surface area contributed by atoms with Gasteiger partial charge >= 0.3 is 5.97 Å². The number of carboxylic acids is 1. The number of likely N-dealkylation sites (tertiary alicyclic amines) is 1. The fourth-order valence-electron chi connectivity index (χ4n) is 5.34. The van der Waals surface area contributed by atoms with Crippen molar-refractivity contribution in [2.75, 3.05) is 11.9 Å². The molecule has 1 aliphatic rings. The van der Waals surface area contributed by atoms with Crippen LogP contribution in [0.5, 0.6) is 0 Å². The number of aliphatic carboxylic acids is 1. The zero-order chi connectivity index (χ0) is 28.4. The maximum absolute atomic E-state index is 15.7. The minimum atomic E-state index is -1.14. The molecule has 0 unspecified atom stereocenters. The number of pyridine rings is 2. The van der Waals surface area contributed by atoms with E-state index in [1.807, 2.05) is 13.8 Å². The standard InChI is InChI=1S/C29H29ClF2N6O2/c1-17-12-24(37-36-17)35-27-26(32)21(23-8-3-4-10-33-23)13-20(34-27)15-29(28(39)40)9-11-38(18(2)14-29)16-19-6-5-7-22(30)25(19)31/h3-8,10,12-13,18H,9,11,14-16H2,1-2H3,(H,39,40)(H2,34,35,36,37)/t18-,29-/m1/s1. The summed E-state index contributed by atoms with van der Waals surface area (Å²) in [5.41, 5.74) is 1.14. The first-order valence-electron chi connectivity index (χ1n) is 13.0. The van der Waals surface area contributed by atoms with Gasteiger partial charge in [-0.25, -0.2) is 13.8 Å². The first-order valence-corrected chi connectivity index (χ1v) is 13.3. The van der Waals surface area contributed by atoms with Crippen LogP contribution in [0.1, 0.15) is 36.7 Å². The summed E-state index contributed by atoms with van der Waals surface area (Å²) >= 11 is 5.96. The molecule has 1 saturated heterocycles. The number of carboxylic acid groups (broad SMARTS) is 1. The van der Waals surface area contributed by atoms with Gasteiger partial charge in [-0.15, -0.1) is 0 Å². The summed E-state index contributed by atoms with van der Waals surface area (Å²) in [6.07, 6.45) is 2.27. The second kappa shape index (κ2) is 11.3. The van der Waals surface area contributed by atoms with Crippen LogP contribution in [0.3, 0.4) is 0 Å². The highest BCUT2D eigenvalue weighted by molar-refractivity contribution is 6.30. The van der Waals surface area contributed by atoms with Crippen LogP contribution in [0.15, 0.2) is 54.7 Å². The highest BCUT2D eigenvalue weighted by atomic mass is 35.5. The molecule has 0 spiro atoms. The fraction of sp³-hybridized carbons (Fsp3) is 0.310. The van der Waals surface area contributed by atoms with Gasteiger partial charge in [0.1, 0.15) is 5.82 Å². The third kappa shape index (κ3) is 5.68. The predicted octanol–water partition coefficient (Wildman–Crippen LogP) is 6.15. The van der Waals surface area contributed by atoms with Crippen molar-refractivity contribution in [1.29, 1.82) is 0 Å². The van der Waals surface area contributed by atoms with Crippen molar-refractivity contribution in [3.05, 3.63) is 88.3 Å². The summed E-state index contributed by atoms with van der Waals surface area (Å²) in [6.45, 7) is 4.51. The van der Waals surface area contributed by atoms with E-state index < -0.39 is 23.0 Å². The van der Waals surface area contributed by atoms with E-state index >= 15 is 4.39 Å². The lowest BCUT2D eigenvalue weighted by molar-refractivity contribution is -0.153. The monoisotopic (exact) mass is 566 g/mol. The van der Waals surface area contributed by atoms with Crippen LogP contribution < -0.4 is 5.32 Å². The third-order valence-corrected chi connectivity index (χ3v) is 7.76. The Hall–Kier alpha value is -3.89. The average Bonchev–Trinajstić information content (AvgIpc) is 3.34. The molecule has 0 amide bonds. The summed E-state index contributed by atoms with van der Waals surface area (Å²) in [7, 11) is 0. The number of nitrogens with zero attached hydrogens (tertiary/aromatic N) is 4. The van der Waals surface area contributed by atoms with Crippen LogP contribution in [-0.4, -0.2) is 48.7 Å². The first kappa shape index (κ1) is 27.7. The number of H-pyrrole nitrogens is 1. The fourth-order valence-corrected chi connectivity index (χ4v) is 5.54. The van der Waals surface area contributed by atoms with Gasteiger partial charge in [-0.05, 0) is 57.5 Å². The normalized spacial score (nSPS) is 19.5. The maximum atomic E-state index is 15.7. The Morgan fingerprint density at radius 1 is 1.23 bits per heavy atom. The second-order valence-electron chi connectivity index (χ2n) is 10.3. The van der Waals surface area contributed by atoms with Crippen molar-refractivity contribution in [2.24, 2.45) is 5.41 Å². The van der Waals surface area contributed by atoms with Crippen molar-refractivity contribution in [3.63, 3.8) is 0 Å². The number of aryl methyl sites for hydroxylation is 1. The van der Waals surface area contributed by atoms with Crippen molar-refractivity contribution in [3.8, 4) is 11.3 Å². The molecule has 208 valence electrons. The smallest absolute Gasteiger partial charge is 0.310 e. The molecular weight excluding hydrogens is 538 g/mol. The van der Waals surface area contributed by atoms with Gasteiger partial charge in [0.15, 0.2) is 17.5 Å². The van der Waals surface area contributed by atoms with Gasteiger partial charge in [0, 0.05) is 53.8 Å². The number of rotatable bonds is 8. The molecule has 4 heterocycles. The molecule has 0 radical (unpaired) electrons. The Bertz CT molecular complexity index is 1530. The number of hydrogen-bond acceptors (Lipinski definition) is 6. The number of benzene rings is 1. The summed E-state index contributed by atoms with van der Waals surface area (Å²) in [4.78, 5) is 23.6. The summed E-state index contributed by atoms with van der Waals surface area (Å²) in [5.74, 6) is -1.70. The van der Waals surface area contributed by atoms with Crippen LogP contribution in [0, 0.1) is 24.0 Å². The van der Waals surface area contributed by atoms with Gasteiger partial charge < -0.3 is 10.4 Å².